The molecule has 0 heterocycles. The molecule has 2 unspecified atom stereocenters. The van der Waals surface area contributed by atoms with Gasteiger partial charge in [0.25, 0.3) is 0 Å². The molecule has 0 radical (unpaired) electrons. The number of nitrogens with two attached hydrogens (primary N) is 2. The maximum Gasteiger partial charge on any atom is 0.699 e. The van der Waals surface area contributed by atoms with Gasteiger partial charge in [-0.3, -0.25) is 0 Å². The Kier molecular flexibility index (Phi) is 9.45. The van der Waals surface area contributed by atoms with Crippen molar-refractivity contribution in [3.8, 4) is 0 Å². The van der Waals surface area contributed by atoms with Crippen LogP contribution in [0.4, 0.5) is 0 Å². The lowest BCUT2D eigenvalue weighted by molar-refractivity contribution is 0.171. The van der Waals surface area contributed by atoms with Crippen molar-refractivity contribution in [1.82, 2.24) is 0 Å². The molecule has 0 aromatic rings. The highest BCUT2D eigenvalue weighted by Gasteiger charge is 2.23. The largest absolute Gasteiger partial charge is 0.699 e. The van der Waals surface area contributed by atoms with Crippen molar-refractivity contribution in [3.05, 3.63) is 0 Å². The molecular weight excluding hydrogens is 203 g/mol. The van der Waals surface area contributed by atoms with Crippen LogP contribution in [0.5, 0.6) is 0 Å². The van der Waals surface area contributed by atoms with Crippen LogP contribution in [0, 0.1) is 0 Å². The molecule has 0 spiro atoms. The molecule has 2 atom stereocenters. The zero-order valence-corrected chi connectivity index (χ0v) is 9.54. The summed E-state index contributed by atoms with van der Waals surface area (Å²) in [6.45, 7) is 2.72. The summed E-state index contributed by atoms with van der Waals surface area (Å²) in [7, 11) is -2.10. The number of rotatable bonds is 9. The Morgan fingerprint density at radius 2 is 2.07 bits per heavy atom. The summed E-state index contributed by atoms with van der Waals surface area (Å²) in [4.78, 5) is 0. The van der Waals surface area contributed by atoms with Gasteiger partial charge in [0.15, 0.2) is 6.23 Å². The molecule has 0 aromatic carbocycles. The summed E-state index contributed by atoms with van der Waals surface area (Å²) in [5.74, 6) is 0. The lowest BCUT2D eigenvalue weighted by Gasteiger charge is -1.98. The summed E-state index contributed by atoms with van der Waals surface area (Å²) in [6.07, 6.45) is 3.62. The minimum Gasteiger partial charge on any atom is -0.327 e. The van der Waals surface area contributed by atoms with Crippen LogP contribution in [-0.4, -0.2) is 19.4 Å². The minimum absolute atomic E-state index is 0.139. The van der Waals surface area contributed by atoms with E-state index in [2.05, 4.69) is 6.92 Å². The van der Waals surface area contributed by atoms with Crippen LogP contribution < -0.4 is 11.5 Å². The van der Waals surface area contributed by atoms with E-state index in [1.54, 1.807) is 0 Å². The first-order valence-corrected chi connectivity index (χ1v) is 6.02. The van der Waals surface area contributed by atoms with Gasteiger partial charge in [0.2, 0.25) is 0 Å². The van der Waals surface area contributed by atoms with Crippen molar-refractivity contribution in [2.75, 3.05) is 13.2 Å². The van der Waals surface area contributed by atoms with Gasteiger partial charge in [0.05, 0.1) is 0 Å². The number of hydrogen-bond acceptors (Lipinski definition) is 5. The van der Waals surface area contributed by atoms with Crippen LogP contribution in [-0.2, 0) is 13.6 Å². The van der Waals surface area contributed by atoms with Crippen LogP contribution >= 0.6 is 8.25 Å². The third-order valence-electron chi connectivity index (χ3n) is 1.65. The second-order valence-corrected chi connectivity index (χ2v) is 3.91. The van der Waals surface area contributed by atoms with Crippen molar-refractivity contribution in [2.45, 2.75) is 38.8 Å². The van der Waals surface area contributed by atoms with Gasteiger partial charge in [0.1, 0.15) is 6.61 Å². The van der Waals surface area contributed by atoms with E-state index in [1.807, 2.05) is 0 Å². The van der Waals surface area contributed by atoms with Crippen molar-refractivity contribution in [1.29, 1.82) is 0 Å². The van der Waals surface area contributed by atoms with Crippen LogP contribution in [0.15, 0.2) is 0 Å². The van der Waals surface area contributed by atoms with Gasteiger partial charge < -0.3 is 11.5 Å². The molecule has 0 aliphatic rings. The Bertz CT molecular complexity index is 158. The highest BCUT2D eigenvalue weighted by atomic mass is 31.1. The topological polar surface area (TPSA) is 87.6 Å². The van der Waals surface area contributed by atoms with Crippen LogP contribution in [0.25, 0.3) is 0 Å². The molecule has 0 fully saturated rings. The number of hydrogen-bond donors (Lipinski definition) is 2. The van der Waals surface area contributed by atoms with Gasteiger partial charge in [0, 0.05) is 11.1 Å². The van der Waals surface area contributed by atoms with E-state index in [4.69, 9.17) is 20.5 Å². The normalized spacial score (nSPS) is 14.1. The highest BCUT2D eigenvalue weighted by molar-refractivity contribution is 7.33. The van der Waals surface area contributed by atoms with Crippen LogP contribution in [0.2, 0.25) is 0 Å². The zero-order valence-electron chi connectivity index (χ0n) is 8.65. The van der Waals surface area contributed by atoms with Crippen LogP contribution in [0.3, 0.4) is 0 Å². The lowest BCUT2D eigenvalue weighted by Crippen LogP contribution is -2.30. The molecule has 0 aliphatic heterocycles. The van der Waals surface area contributed by atoms with E-state index >= 15 is 0 Å². The Morgan fingerprint density at radius 3 is 2.64 bits per heavy atom. The second-order valence-electron chi connectivity index (χ2n) is 3.00. The average molecular weight is 223 g/mol. The Labute approximate surface area is 86.1 Å². The molecule has 0 amide bonds. The average Bonchev–Trinajstić information content (AvgIpc) is 2.17. The first kappa shape index (κ1) is 13.9. The highest BCUT2D eigenvalue weighted by Crippen LogP contribution is 2.24. The molecule has 14 heavy (non-hydrogen) atoms. The van der Waals surface area contributed by atoms with Gasteiger partial charge in [-0.2, -0.15) is 0 Å². The fourth-order valence-corrected chi connectivity index (χ4v) is 1.50. The fraction of sp³-hybridized carbons (Fsp3) is 1.00. The lowest BCUT2D eigenvalue weighted by atomic mass is 10.2. The molecule has 0 aromatic heterocycles. The molecule has 84 valence electrons. The minimum atomic E-state index is -2.10. The van der Waals surface area contributed by atoms with Crippen molar-refractivity contribution >= 4 is 8.25 Å². The summed E-state index contributed by atoms with van der Waals surface area (Å²) in [5.41, 5.74) is 10.5. The Balaban J connectivity index is 3.27. The Morgan fingerprint density at radius 1 is 1.36 bits per heavy atom. The predicted molar refractivity (Wildman–Crippen MR) is 55.8 cm³/mol. The van der Waals surface area contributed by atoms with Gasteiger partial charge in [-0.15, -0.1) is 4.52 Å². The van der Waals surface area contributed by atoms with Gasteiger partial charge in [-0.05, 0) is 6.42 Å². The predicted octanol–water partition coefficient (Wildman–Crippen LogP) is 1.50. The quantitative estimate of drug-likeness (QED) is 0.351. The van der Waals surface area contributed by atoms with Crippen molar-refractivity contribution < 1.29 is 13.6 Å². The first-order valence-electron chi connectivity index (χ1n) is 4.93. The smallest absolute Gasteiger partial charge is 0.327 e. The standard InChI is InChI=1S/C8H20N2O3P/c1-2-3-4-5-6-12-14(11)13-8(10)7-9/h8H,2-7,9-10H2,1H3/q+1. The second kappa shape index (κ2) is 9.49. The molecule has 0 saturated carbocycles. The SMILES string of the molecule is CCCCCCO[P+](=O)OC(N)CN. The van der Waals surface area contributed by atoms with E-state index in [1.165, 1.54) is 12.8 Å². The van der Waals surface area contributed by atoms with Crippen molar-refractivity contribution in [2.24, 2.45) is 11.5 Å². The maximum atomic E-state index is 11.0. The molecule has 5 nitrogen and oxygen atoms in total. The fourth-order valence-electron chi connectivity index (χ4n) is 0.852. The van der Waals surface area contributed by atoms with E-state index in [9.17, 15) is 4.57 Å². The summed E-state index contributed by atoms with van der Waals surface area (Å²) in [6, 6.07) is 0. The van der Waals surface area contributed by atoms with Gasteiger partial charge >= 0.3 is 8.25 Å². The summed E-state index contributed by atoms with van der Waals surface area (Å²) >= 11 is 0. The van der Waals surface area contributed by atoms with Crippen molar-refractivity contribution in [3.63, 3.8) is 0 Å². The van der Waals surface area contributed by atoms with E-state index in [0.717, 1.165) is 12.8 Å². The maximum absolute atomic E-state index is 11.0. The van der Waals surface area contributed by atoms with E-state index < -0.39 is 14.5 Å². The molecule has 4 N–H and O–H groups in total. The van der Waals surface area contributed by atoms with E-state index in [-0.39, 0.29) is 6.54 Å². The van der Waals surface area contributed by atoms with Crippen LogP contribution in [0.1, 0.15) is 32.6 Å². The third-order valence-corrected chi connectivity index (χ3v) is 2.48. The molecule has 0 bridgehead atoms. The molecule has 0 rings (SSSR count). The number of unbranched alkanes of at least 4 members (excludes halogenated alkanes) is 3. The Hall–Kier alpha value is -0.0600. The molecule has 6 heteroatoms. The molecule has 0 saturated heterocycles. The first-order chi connectivity index (χ1) is 6.70. The molecular formula is C8H20N2O3P+. The molecule has 0 aliphatic carbocycles. The summed E-state index contributed by atoms with van der Waals surface area (Å²) < 4.78 is 20.7. The summed E-state index contributed by atoms with van der Waals surface area (Å²) in [5, 5.41) is 0. The third kappa shape index (κ3) is 8.53. The van der Waals surface area contributed by atoms with Gasteiger partial charge in [-0.25, -0.2) is 0 Å². The monoisotopic (exact) mass is 223 g/mol. The van der Waals surface area contributed by atoms with Gasteiger partial charge in [-0.1, -0.05) is 30.7 Å². The van der Waals surface area contributed by atoms with E-state index in [0.29, 0.717) is 6.61 Å². The zero-order chi connectivity index (χ0) is 10.8.